The smallest absolute Gasteiger partial charge is 0.242 e. The molecule has 1 aromatic carbocycles. The highest BCUT2D eigenvalue weighted by Crippen LogP contribution is 2.30. The van der Waals surface area contributed by atoms with Gasteiger partial charge in [-0.3, -0.25) is 9.59 Å². The summed E-state index contributed by atoms with van der Waals surface area (Å²) in [4.78, 5) is 26.9. The summed E-state index contributed by atoms with van der Waals surface area (Å²) >= 11 is 0. The van der Waals surface area contributed by atoms with E-state index in [-0.39, 0.29) is 30.1 Å². The minimum atomic E-state index is -0.652. The van der Waals surface area contributed by atoms with E-state index in [9.17, 15) is 9.59 Å². The zero-order chi connectivity index (χ0) is 17.9. The maximum atomic E-state index is 12.6. The van der Waals surface area contributed by atoms with Gasteiger partial charge in [0.1, 0.15) is 0 Å². The Bertz CT molecular complexity index is 618. The van der Waals surface area contributed by atoms with E-state index in [1.165, 1.54) is 5.56 Å². The SMILES string of the molecule is Cc1ccc(CNC(=O)C2CCN(C(=O)C3(N)CCCC3)CC2)cc1.Cl. The summed E-state index contributed by atoms with van der Waals surface area (Å²) in [6, 6.07) is 8.19. The van der Waals surface area contributed by atoms with Gasteiger partial charge < -0.3 is 16.0 Å². The fourth-order valence-corrected chi connectivity index (χ4v) is 3.92. The molecule has 5 nitrogen and oxygen atoms in total. The van der Waals surface area contributed by atoms with Gasteiger partial charge in [0.15, 0.2) is 0 Å². The third-order valence-electron chi connectivity index (χ3n) is 5.66. The molecule has 2 aliphatic rings. The van der Waals surface area contributed by atoms with Gasteiger partial charge in [-0.15, -0.1) is 12.4 Å². The van der Waals surface area contributed by atoms with E-state index in [0.29, 0.717) is 19.6 Å². The second-order valence-electron chi connectivity index (χ2n) is 7.63. The van der Waals surface area contributed by atoms with E-state index in [1.54, 1.807) is 0 Å². The van der Waals surface area contributed by atoms with E-state index < -0.39 is 5.54 Å². The number of nitrogens with zero attached hydrogens (tertiary/aromatic N) is 1. The number of hydrogen-bond acceptors (Lipinski definition) is 3. The number of carbonyl (C=O) groups is 2. The summed E-state index contributed by atoms with van der Waals surface area (Å²) in [5.41, 5.74) is 7.95. The molecule has 144 valence electrons. The molecule has 0 atom stereocenters. The van der Waals surface area contributed by atoms with Crippen molar-refractivity contribution in [3.8, 4) is 0 Å². The monoisotopic (exact) mass is 379 g/mol. The first kappa shape index (κ1) is 20.7. The average molecular weight is 380 g/mol. The molecule has 6 heteroatoms. The highest BCUT2D eigenvalue weighted by Gasteiger charge is 2.41. The number of rotatable bonds is 4. The standard InChI is InChI=1S/C20H29N3O2.ClH/c1-15-4-6-16(7-5-15)14-22-18(24)17-8-12-23(13-9-17)19(25)20(21)10-2-3-11-20;/h4-7,17H,2-3,8-14,21H2,1H3,(H,22,24);1H. The van der Waals surface area contributed by atoms with Crippen LogP contribution in [0.3, 0.4) is 0 Å². The van der Waals surface area contributed by atoms with Crippen molar-refractivity contribution in [3.05, 3.63) is 35.4 Å². The first-order chi connectivity index (χ1) is 12.0. The molecule has 3 N–H and O–H groups in total. The minimum Gasteiger partial charge on any atom is -0.352 e. The van der Waals surface area contributed by atoms with Crippen molar-refractivity contribution in [1.82, 2.24) is 10.2 Å². The van der Waals surface area contributed by atoms with Crippen LogP contribution >= 0.6 is 12.4 Å². The van der Waals surface area contributed by atoms with Crippen molar-refractivity contribution in [2.45, 2.75) is 57.5 Å². The number of likely N-dealkylation sites (tertiary alicyclic amines) is 1. The van der Waals surface area contributed by atoms with Crippen LogP contribution in [0.5, 0.6) is 0 Å². The molecule has 26 heavy (non-hydrogen) atoms. The zero-order valence-corrected chi connectivity index (χ0v) is 16.3. The maximum absolute atomic E-state index is 12.6. The van der Waals surface area contributed by atoms with Crippen LogP contribution in [0.1, 0.15) is 49.7 Å². The van der Waals surface area contributed by atoms with Gasteiger partial charge in [-0.05, 0) is 38.2 Å². The predicted molar refractivity (Wildman–Crippen MR) is 105 cm³/mol. The Morgan fingerprint density at radius 3 is 2.31 bits per heavy atom. The van der Waals surface area contributed by atoms with Crippen molar-refractivity contribution in [2.24, 2.45) is 11.7 Å². The van der Waals surface area contributed by atoms with Crippen molar-refractivity contribution in [1.29, 1.82) is 0 Å². The second kappa shape index (κ2) is 8.87. The largest absolute Gasteiger partial charge is 0.352 e. The van der Waals surface area contributed by atoms with Gasteiger partial charge in [-0.25, -0.2) is 0 Å². The van der Waals surface area contributed by atoms with Gasteiger partial charge in [0.05, 0.1) is 5.54 Å². The van der Waals surface area contributed by atoms with Crippen LogP contribution in [0.4, 0.5) is 0 Å². The van der Waals surface area contributed by atoms with Gasteiger partial charge >= 0.3 is 0 Å². The first-order valence-corrected chi connectivity index (χ1v) is 9.39. The van der Waals surface area contributed by atoms with Gasteiger partial charge in [-0.1, -0.05) is 42.7 Å². The molecule has 1 heterocycles. The van der Waals surface area contributed by atoms with Crippen LogP contribution in [0.2, 0.25) is 0 Å². The van der Waals surface area contributed by atoms with Gasteiger partial charge in [0.25, 0.3) is 0 Å². The third-order valence-corrected chi connectivity index (χ3v) is 5.66. The fourth-order valence-electron chi connectivity index (χ4n) is 3.92. The molecule has 1 aliphatic carbocycles. The number of halogens is 1. The Balaban J connectivity index is 0.00000243. The Hall–Kier alpha value is -1.59. The molecule has 2 fully saturated rings. The number of aryl methyl sites for hydroxylation is 1. The van der Waals surface area contributed by atoms with Crippen molar-refractivity contribution >= 4 is 24.2 Å². The maximum Gasteiger partial charge on any atom is 0.242 e. The van der Waals surface area contributed by atoms with Crippen LogP contribution in [0.15, 0.2) is 24.3 Å². The lowest BCUT2D eigenvalue weighted by Gasteiger charge is -2.36. The van der Waals surface area contributed by atoms with Crippen molar-refractivity contribution < 1.29 is 9.59 Å². The molecule has 0 bridgehead atoms. The molecule has 1 saturated heterocycles. The molecule has 1 aliphatic heterocycles. The normalized spacial score (nSPS) is 19.7. The lowest BCUT2D eigenvalue weighted by Crippen LogP contribution is -2.55. The van der Waals surface area contributed by atoms with E-state index in [0.717, 1.165) is 44.1 Å². The number of benzene rings is 1. The summed E-state index contributed by atoms with van der Waals surface area (Å²) in [6.45, 7) is 3.89. The molecular formula is C20H30ClN3O2. The topological polar surface area (TPSA) is 75.4 Å². The molecule has 2 amide bonds. The van der Waals surface area contributed by atoms with Crippen molar-refractivity contribution in [3.63, 3.8) is 0 Å². The Morgan fingerprint density at radius 1 is 1.15 bits per heavy atom. The quantitative estimate of drug-likeness (QED) is 0.844. The number of nitrogens with one attached hydrogen (secondary N) is 1. The summed E-state index contributed by atoms with van der Waals surface area (Å²) < 4.78 is 0. The van der Waals surface area contributed by atoms with Crippen LogP contribution in [-0.4, -0.2) is 35.3 Å². The summed E-state index contributed by atoms with van der Waals surface area (Å²) in [5.74, 6) is 0.173. The molecular weight excluding hydrogens is 350 g/mol. The predicted octanol–water partition coefficient (Wildman–Crippen LogP) is 2.54. The van der Waals surface area contributed by atoms with Crippen LogP contribution in [0.25, 0.3) is 0 Å². The lowest BCUT2D eigenvalue weighted by atomic mass is 9.92. The Morgan fingerprint density at radius 2 is 1.73 bits per heavy atom. The zero-order valence-electron chi connectivity index (χ0n) is 15.5. The Labute approximate surface area is 162 Å². The average Bonchev–Trinajstić information content (AvgIpc) is 3.08. The molecule has 0 unspecified atom stereocenters. The fraction of sp³-hybridized carbons (Fsp3) is 0.600. The number of carbonyl (C=O) groups excluding carboxylic acids is 2. The lowest BCUT2D eigenvalue weighted by molar-refractivity contribution is -0.140. The molecule has 1 saturated carbocycles. The molecule has 0 radical (unpaired) electrons. The summed E-state index contributed by atoms with van der Waals surface area (Å²) in [6.07, 6.45) is 5.12. The molecule has 3 rings (SSSR count). The van der Waals surface area contributed by atoms with Crippen LogP contribution in [-0.2, 0) is 16.1 Å². The van der Waals surface area contributed by atoms with E-state index in [1.807, 2.05) is 17.0 Å². The summed E-state index contributed by atoms with van der Waals surface area (Å²) in [5, 5.41) is 3.03. The highest BCUT2D eigenvalue weighted by atomic mass is 35.5. The van der Waals surface area contributed by atoms with Crippen molar-refractivity contribution in [2.75, 3.05) is 13.1 Å². The minimum absolute atomic E-state index is 0. The van der Waals surface area contributed by atoms with E-state index in [2.05, 4.69) is 24.4 Å². The van der Waals surface area contributed by atoms with Crippen LogP contribution < -0.4 is 11.1 Å². The number of nitrogens with two attached hydrogens (primary N) is 1. The van der Waals surface area contributed by atoms with E-state index in [4.69, 9.17) is 5.73 Å². The molecule has 1 aromatic rings. The summed E-state index contributed by atoms with van der Waals surface area (Å²) in [7, 11) is 0. The van der Waals surface area contributed by atoms with E-state index >= 15 is 0 Å². The van der Waals surface area contributed by atoms with Crippen LogP contribution in [0, 0.1) is 12.8 Å². The van der Waals surface area contributed by atoms with Gasteiger partial charge in [-0.2, -0.15) is 0 Å². The number of amides is 2. The Kier molecular flexibility index (Phi) is 7.07. The number of hydrogen-bond donors (Lipinski definition) is 2. The molecule has 0 spiro atoms. The first-order valence-electron chi connectivity index (χ1n) is 9.39. The molecule has 0 aromatic heterocycles. The van der Waals surface area contributed by atoms with Gasteiger partial charge in [0.2, 0.25) is 11.8 Å². The highest BCUT2D eigenvalue weighted by molar-refractivity contribution is 5.87. The third kappa shape index (κ3) is 4.77. The van der Waals surface area contributed by atoms with Gasteiger partial charge in [0, 0.05) is 25.6 Å². The second-order valence-corrected chi connectivity index (χ2v) is 7.63. The number of piperidine rings is 1.